The summed E-state index contributed by atoms with van der Waals surface area (Å²) < 4.78 is 23.9. The largest absolute Gasteiger partial charge is 0.472 e. The van der Waals surface area contributed by atoms with Crippen molar-refractivity contribution in [3.05, 3.63) is 47.0 Å². The van der Waals surface area contributed by atoms with Crippen LogP contribution in [0.2, 0.25) is 0 Å². The predicted molar refractivity (Wildman–Crippen MR) is 138 cm³/mol. The van der Waals surface area contributed by atoms with E-state index in [0.717, 1.165) is 17.6 Å². The summed E-state index contributed by atoms with van der Waals surface area (Å²) in [7, 11) is 1.39. The maximum atomic E-state index is 13.9. The van der Waals surface area contributed by atoms with Crippen molar-refractivity contribution >= 4 is 17.7 Å². The van der Waals surface area contributed by atoms with Crippen molar-refractivity contribution < 1.29 is 33.0 Å². The van der Waals surface area contributed by atoms with Crippen LogP contribution < -0.4 is 0 Å². The molecule has 1 aromatic heterocycles. The first kappa shape index (κ1) is 25.6. The first-order chi connectivity index (χ1) is 17.8. The highest BCUT2D eigenvalue weighted by atomic mass is 16.6. The van der Waals surface area contributed by atoms with E-state index < -0.39 is 46.2 Å². The molecule has 2 saturated heterocycles. The first-order valence-electron chi connectivity index (χ1n) is 13.8. The fourth-order valence-electron chi connectivity index (χ4n) is 9.58. The summed E-state index contributed by atoms with van der Waals surface area (Å²) in [5.74, 6) is -1.84. The van der Waals surface area contributed by atoms with Crippen LogP contribution in [-0.4, -0.2) is 43.1 Å². The molecule has 3 heterocycles. The van der Waals surface area contributed by atoms with Gasteiger partial charge >= 0.3 is 11.9 Å². The Morgan fingerprint density at radius 1 is 1.11 bits per heavy atom. The van der Waals surface area contributed by atoms with Crippen LogP contribution in [0.15, 0.2) is 40.2 Å². The summed E-state index contributed by atoms with van der Waals surface area (Å²) >= 11 is 0. The number of hydrogen-bond donors (Lipinski definition) is 0. The summed E-state index contributed by atoms with van der Waals surface area (Å²) in [5.41, 5.74) is 1.97. The molecule has 3 fully saturated rings. The van der Waals surface area contributed by atoms with E-state index in [2.05, 4.69) is 27.7 Å². The smallest absolute Gasteiger partial charge is 0.316 e. The van der Waals surface area contributed by atoms with Gasteiger partial charge in [-0.05, 0) is 49.3 Å². The fraction of sp³-hybridized carbons (Fsp3) is 0.645. The first-order valence-corrected chi connectivity index (χ1v) is 13.8. The van der Waals surface area contributed by atoms with Crippen LogP contribution in [0.1, 0.15) is 77.8 Å². The molecule has 0 spiro atoms. The van der Waals surface area contributed by atoms with Crippen LogP contribution in [0.25, 0.3) is 0 Å². The lowest BCUT2D eigenvalue weighted by atomic mass is 9.40. The number of ether oxygens (including phenoxy) is 3. The third-order valence-electron chi connectivity index (χ3n) is 11.0. The Kier molecular flexibility index (Phi) is 5.35. The zero-order valence-electron chi connectivity index (χ0n) is 23.5. The molecule has 6 rings (SSSR count). The number of rotatable bonds is 4. The van der Waals surface area contributed by atoms with Crippen molar-refractivity contribution in [1.29, 1.82) is 0 Å². The number of ketones is 1. The fourth-order valence-corrected chi connectivity index (χ4v) is 9.58. The van der Waals surface area contributed by atoms with E-state index in [1.165, 1.54) is 24.3 Å². The summed E-state index contributed by atoms with van der Waals surface area (Å²) in [6.45, 7) is 14.2. The highest BCUT2D eigenvalue weighted by Gasteiger charge is 2.78. The number of carbonyl (C=O) groups excluding carboxylic acids is 3. The van der Waals surface area contributed by atoms with E-state index in [1.807, 2.05) is 33.3 Å². The average Bonchev–Trinajstić information content (AvgIpc) is 3.59. The van der Waals surface area contributed by atoms with Crippen LogP contribution in [0.3, 0.4) is 0 Å². The summed E-state index contributed by atoms with van der Waals surface area (Å²) in [5, 5.41) is 0. The number of hydrogen-bond acceptors (Lipinski definition) is 7. The number of carbonyl (C=O) groups is 3. The summed E-state index contributed by atoms with van der Waals surface area (Å²) in [4.78, 5) is 40.5. The Balaban J connectivity index is 1.58. The minimum absolute atomic E-state index is 0.0723. The molecular formula is C31H38O7. The number of furan rings is 1. The van der Waals surface area contributed by atoms with Gasteiger partial charge in [0.15, 0.2) is 5.78 Å². The lowest BCUT2D eigenvalue weighted by Crippen LogP contribution is -2.67. The van der Waals surface area contributed by atoms with E-state index in [0.29, 0.717) is 5.92 Å². The predicted octanol–water partition coefficient (Wildman–Crippen LogP) is 5.11. The zero-order valence-corrected chi connectivity index (χ0v) is 23.5. The highest BCUT2D eigenvalue weighted by Crippen LogP contribution is 2.72. The number of methoxy groups -OCH3 is 1. The summed E-state index contributed by atoms with van der Waals surface area (Å²) in [6, 6.07) is 0. The Morgan fingerprint density at radius 2 is 1.82 bits per heavy atom. The van der Waals surface area contributed by atoms with Gasteiger partial charge in [0.05, 0.1) is 37.1 Å². The van der Waals surface area contributed by atoms with E-state index >= 15 is 0 Å². The van der Waals surface area contributed by atoms with Crippen molar-refractivity contribution in [3.63, 3.8) is 0 Å². The molecule has 0 N–H and O–H groups in total. The molecule has 1 saturated carbocycles. The van der Waals surface area contributed by atoms with Crippen LogP contribution in [0.5, 0.6) is 0 Å². The highest BCUT2D eigenvalue weighted by molar-refractivity contribution is 6.00. The Hall–Kier alpha value is -2.67. The second kappa shape index (κ2) is 7.93. The van der Waals surface area contributed by atoms with Crippen LogP contribution >= 0.6 is 0 Å². The van der Waals surface area contributed by atoms with Crippen molar-refractivity contribution in [2.75, 3.05) is 7.11 Å². The standard InChI is InChI=1S/C31H38O7/c1-14(2)18-12-36-13-19(18)17-11-20-22(15(17)3)31(7)24(16(4)27(33)35-8)30(6)21(32)9-10-29(5)25(30)23(26(31)37-20)38-28(29)34/h9-10,12-14,16-17,20,23-26H,11H2,1-8H3/t16?,17-,20-,23-,24-,25?,26-,29-,30-,31+/m1/s1. The van der Waals surface area contributed by atoms with Gasteiger partial charge in [0.1, 0.15) is 12.2 Å². The SMILES string of the molecule is COC(=O)C(C)[C@H]1[C@]2(C)C3=C(C)[C@H](c4cocc4C(C)C)C[C@H]3O[C@@H]2[C@@H]2OC(=O)[C@]3(C)C=CC(=O)[C@@]1(C)C23. The molecule has 7 nitrogen and oxygen atoms in total. The molecule has 204 valence electrons. The quantitative estimate of drug-likeness (QED) is 0.401. The molecule has 0 aromatic carbocycles. The normalized spacial score (nSPS) is 43.7. The third-order valence-corrected chi connectivity index (χ3v) is 11.0. The molecule has 1 aromatic rings. The van der Waals surface area contributed by atoms with Crippen molar-refractivity contribution in [1.82, 2.24) is 0 Å². The van der Waals surface area contributed by atoms with Crippen LogP contribution in [0, 0.1) is 34.0 Å². The van der Waals surface area contributed by atoms with Crippen molar-refractivity contribution in [3.8, 4) is 0 Å². The minimum atomic E-state index is -1.03. The van der Waals surface area contributed by atoms with E-state index in [-0.39, 0.29) is 29.7 Å². The molecule has 0 radical (unpaired) electrons. The van der Waals surface area contributed by atoms with E-state index in [4.69, 9.17) is 18.6 Å². The van der Waals surface area contributed by atoms with Gasteiger partial charge in [0.2, 0.25) is 0 Å². The van der Waals surface area contributed by atoms with Gasteiger partial charge in [-0.3, -0.25) is 14.4 Å². The molecule has 38 heavy (non-hydrogen) atoms. The van der Waals surface area contributed by atoms with Crippen molar-refractivity contribution in [2.24, 2.45) is 34.0 Å². The maximum Gasteiger partial charge on any atom is 0.316 e. The zero-order chi connectivity index (χ0) is 27.5. The van der Waals surface area contributed by atoms with Gasteiger partial charge < -0.3 is 18.6 Å². The molecule has 2 unspecified atom stereocenters. The maximum absolute atomic E-state index is 13.9. The Bertz CT molecular complexity index is 1300. The molecule has 0 bridgehead atoms. The monoisotopic (exact) mass is 522 g/mol. The van der Waals surface area contributed by atoms with E-state index in [1.54, 1.807) is 6.08 Å². The molecule has 2 aliphatic heterocycles. The second-order valence-electron chi connectivity index (χ2n) is 13.1. The molecule has 0 amide bonds. The molecule has 3 aliphatic carbocycles. The molecule has 5 aliphatic rings. The van der Waals surface area contributed by atoms with E-state index in [9.17, 15) is 14.4 Å². The third kappa shape index (κ3) is 2.81. The van der Waals surface area contributed by atoms with Crippen LogP contribution in [0.4, 0.5) is 0 Å². The van der Waals surface area contributed by atoms with Gasteiger partial charge in [0.25, 0.3) is 0 Å². The number of fused-ring (bicyclic) bond motifs is 4. The second-order valence-corrected chi connectivity index (χ2v) is 13.1. The number of esters is 2. The number of allylic oxidation sites excluding steroid dienone is 2. The van der Waals surface area contributed by atoms with Gasteiger partial charge in [0, 0.05) is 28.2 Å². The van der Waals surface area contributed by atoms with Crippen molar-refractivity contribution in [2.45, 2.75) is 85.0 Å². The minimum Gasteiger partial charge on any atom is -0.472 e. The molecular weight excluding hydrogens is 484 g/mol. The van der Waals surface area contributed by atoms with Gasteiger partial charge in [-0.2, -0.15) is 0 Å². The van der Waals surface area contributed by atoms with Gasteiger partial charge in [-0.25, -0.2) is 0 Å². The summed E-state index contributed by atoms with van der Waals surface area (Å²) in [6.07, 6.45) is 6.42. The van der Waals surface area contributed by atoms with Gasteiger partial charge in [-0.15, -0.1) is 0 Å². The topological polar surface area (TPSA) is 92.0 Å². The molecule has 7 heteroatoms. The molecule has 10 atom stereocenters. The Morgan fingerprint density at radius 3 is 2.47 bits per heavy atom. The lowest BCUT2D eigenvalue weighted by Gasteiger charge is -2.60. The lowest BCUT2D eigenvalue weighted by molar-refractivity contribution is -0.198. The average molecular weight is 523 g/mol. The van der Waals surface area contributed by atoms with Gasteiger partial charge in [-0.1, -0.05) is 46.3 Å². The van der Waals surface area contributed by atoms with Crippen LogP contribution in [-0.2, 0) is 28.6 Å². The Labute approximate surface area is 223 Å².